The van der Waals surface area contributed by atoms with Crippen LogP contribution in [0.2, 0.25) is 5.02 Å². The second-order valence-electron chi connectivity index (χ2n) is 5.55. The third kappa shape index (κ3) is 4.92. The molecule has 0 radical (unpaired) electrons. The SMILES string of the molecule is CCN(CC)CC(O)c1csc(NS(=O)(=O)c2cccc(Cl)c2C)n1. The smallest absolute Gasteiger partial charge is 0.263 e. The fourth-order valence-corrected chi connectivity index (χ4v) is 4.86. The molecule has 0 spiro atoms. The maximum Gasteiger partial charge on any atom is 0.263 e. The molecule has 1 heterocycles. The predicted octanol–water partition coefficient (Wildman–Crippen LogP) is 3.28. The number of nitrogens with one attached hydrogen (secondary N) is 1. The number of halogens is 1. The van der Waals surface area contributed by atoms with Crippen molar-refractivity contribution >= 4 is 38.1 Å². The van der Waals surface area contributed by atoms with Gasteiger partial charge in [-0.3, -0.25) is 4.72 Å². The highest BCUT2D eigenvalue weighted by Gasteiger charge is 2.21. The Kier molecular flexibility index (Phi) is 6.81. The van der Waals surface area contributed by atoms with Gasteiger partial charge in [0.25, 0.3) is 10.0 Å². The molecule has 0 aliphatic heterocycles. The molecule has 0 aliphatic rings. The summed E-state index contributed by atoms with van der Waals surface area (Å²) >= 11 is 7.14. The van der Waals surface area contributed by atoms with Crippen molar-refractivity contribution in [2.45, 2.75) is 31.8 Å². The average Bonchev–Trinajstić information content (AvgIpc) is 3.02. The van der Waals surface area contributed by atoms with Crippen molar-refractivity contribution in [1.82, 2.24) is 9.88 Å². The van der Waals surface area contributed by atoms with Crippen LogP contribution in [0.5, 0.6) is 0 Å². The molecule has 2 N–H and O–H groups in total. The lowest BCUT2D eigenvalue weighted by molar-refractivity contribution is 0.116. The number of likely N-dealkylation sites (N-methyl/N-ethyl adjacent to an activating group) is 1. The number of hydrogen-bond acceptors (Lipinski definition) is 6. The van der Waals surface area contributed by atoms with Gasteiger partial charge in [0.05, 0.1) is 10.6 Å². The van der Waals surface area contributed by atoms with E-state index in [0.29, 0.717) is 22.8 Å². The molecule has 1 unspecified atom stereocenters. The van der Waals surface area contributed by atoms with Crippen LogP contribution in [0.3, 0.4) is 0 Å². The molecule has 0 fully saturated rings. The summed E-state index contributed by atoms with van der Waals surface area (Å²) in [4.78, 5) is 6.40. The number of aliphatic hydroxyl groups excluding tert-OH is 1. The number of rotatable bonds is 8. The summed E-state index contributed by atoms with van der Waals surface area (Å²) in [7, 11) is -3.79. The standard InChI is InChI=1S/C16H22ClN3O3S2/c1-4-20(5-2)9-14(21)13-10-24-16(18-13)19-25(22,23)15-8-6-7-12(17)11(15)3/h6-8,10,14,21H,4-5,9H2,1-3H3,(H,18,19). The van der Waals surface area contributed by atoms with Gasteiger partial charge in [0.2, 0.25) is 0 Å². The van der Waals surface area contributed by atoms with E-state index in [9.17, 15) is 13.5 Å². The Bertz CT molecular complexity index is 820. The third-order valence-electron chi connectivity index (χ3n) is 3.92. The maximum atomic E-state index is 12.6. The minimum Gasteiger partial charge on any atom is -0.385 e. The third-order valence-corrected chi connectivity index (χ3v) is 6.72. The first-order chi connectivity index (χ1) is 11.8. The minimum absolute atomic E-state index is 0.112. The molecule has 9 heteroatoms. The molecule has 138 valence electrons. The van der Waals surface area contributed by atoms with Gasteiger partial charge in [0.1, 0.15) is 6.10 Å². The van der Waals surface area contributed by atoms with Crippen LogP contribution >= 0.6 is 22.9 Å². The van der Waals surface area contributed by atoms with Gasteiger partial charge in [0, 0.05) is 16.9 Å². The number of aliphatic hydroxyl groups is 1. The fourth-order valence-electron chi connectivity index (χ4n) is 2.35. The van der Waals surface area contributed by atoms with Gasteiger partial charge in [-0.1, -0.05) is 31.5 Å². The van der Waals surface area contributed by atoms with Crippen LogP contribution in [0.4, 0.5) is 5.13 Å². The molecule has 2 aromatic rings. The molecule has 0 bridgehead atoms. The molecule has 0 saturated carbocycles. The lowest BCUT2D eigenvalue weighted by Crippen LogP contribution is -2.28. The van der Waals surface area contributed by atoms with Crippen LogP contribution in [0.25, 0.3) is 0 Å². The van der Waals surface area contributed by atoms with Gasteiger partial charge in [-0.25, -0.2) is 13.4 Å². The van der Waals surface area contributed by atoms with E-state index in [1.54, 1.807) is 24.4 Å². The number of hydrogen-bond donors (Lipinski definition) is 2. The van der Waals surface area contributed by atoms with Gasteiger partial charge in [-0.15, -0.1) is 11.3 Å². The first-order valence-electron chi connectivity index (χ1n) is 7.92. The lowest BCUT2D eigenvalue weighted by Gasteiger charge is -2.20. The molecule has 0 amide bonds. The van der Waals surface area contributed by atoms with E-state index in [4.69, 9.17) is 11.6 Å². The van der Waals surface area contributed by atoms with Crippen LogP contribution < -0.4 is 4.72 Å². The molecule has 1 aromatic heterocycles. The van der Waals surface area contributed by atoms with Crippen LogP contribution in [0, 0.1) is 6.92 Å². The zero-order valence-corrected chi connectivity index (χ0v) is 16.7. The van der Waals surface area contributed by atoms with Crippen molar-refractivity contribution in [3.63, 3.8) is 0 Å². The topological polar surface area (TPSA) is 82.5 Å². The van der Waals surface area contributed by atoms with E-state index in [1.165, 1.54) is 6.07 Å². The number of anilines is 1. The van der Waals surface area contributed by atoms with Crippen molar-refractivity contribution < 1.29 is 13.5 Å². The molecule has 1 atom stereocenters. The van der Waals surface area contributed by atoms with Gasteiger partial charge in [-0.2, -0.15) is 0 Å². The van der Waals surface area contributed by atoms with Crippen LogP contribution in [0.15, 0.2) is 28.5 Å². The Morgan fingerprint density at radius 1 is 1.36 bits per heavy atom. The van der Waals surface area contributed by atoms with E-state index in [2.05, 4.69) is 14.6 Å². The van der Waals surface area contributed by atoms with Crippen LogP contribution in [-0.4, -0.2) is 43.0 Å². The molecular weight excluding hydrogens is 382 g/mol. The normalized spacial score (nSPS) is 13.2. The van der Waals surface area contributed by atoms with Crippen molar-refractivity contribution in [2.75, 3.05) is 24.4 Å². The minimum atomic E-state index is -3.79. The van der Waals surface area contributed by atoms with E-state index in [1.807, 2.05) is 13.8 Å². The van der Waals surface area contributed by atoms with Crippen molar-refractivity contribution in [3.05, 3.63) is 39.9 Å². The van der Waals surface area contributed by atoms with Crippen molar-refractivity contribution in [2.24, 2.45) is 0 Å². The summed E-state index contributed by atoms with van der Waals surface area (Å²) in [6.07, 6.45) is -0.762. The monoisotopic (exact) mass is 403 g/mol. The van der Waals surface area contributed by atoms with E-state index >= 15 is 0 Å². The summed E-state index contributed by atoms with van der Waals surface area (Å²) in [5.41, 5.74) is 0.937. The predicted molar refractivity (Wildman–Crippen MR) is 102 cm³/mol. The van der Waals surface area contributed by atoms with Crippen molar-refractivity contribution in [1.29, 1.82) is 0 Å². The molecule has 0 aliphatic carbocycles. The highest BCUT2D eigenvalue weighted by Crippen LogP contribution is 2.27. The van der Waals surface area contributed by atoms with Crippen LogP contribution in [-0.2, 0) is 10.0 Å². The summed E-state index contributed by atoms with van der Waals surface area (Å²) < 4.78 is 27.6. The molecular formula is C16H22ClN3O3S2. The van der Waals surface area contributed by atoms with Gasteiger partial charge in [-0.05, 0) is 37.7 Å². The number of thiazole rings is 1. The highest BCUT2D eigenvalue weighted by atomic mass is 35.5. The average molecular weight is 404 g/mol. The van der Waals surface area contributed by atoms with Gasteiger partial charge >= 0.3 is 0 Å². The number of sulfonamides is 1. The van der Waals surface area contributed by atoms with E-state index in [-0.39, 0.29) is 10.0 Å². The highest BCUT2D eigenvalue weighted by molar-refractivity contribution is 7.93. The summed E-state index contributed by atoms with van der Waals surface area (Å²) in [6.45, 7) is 7.79. The summed E-state index contributed by atoms with van der Waals surface area (Å²) in [5.74, 6) is 0. The van der Waals surface area contributed by atoms with Gasteiger partial charge < -0.3 is 10.0 Å². The zero-order valence-electron chi connectivity index (χ0n) is 14.4. The lowest BCUT2D eigenvalue weighted by atomic mass is 10.2. The molecule has 6 nitrogen and oxygen atoms in total. The molecule has 1 aromatic carbocycles. The summed E-state index contributed by atoms with van der Waals surface area (Å²) in [6, 6.07) is 4.72. The van der Waals surface area contributed by atoms with E-state index in [0.717, 1.165) is 24.4 Å². The van der Waals surface area contributed by atoms with Gasteiger partial charge in [0.15, 0.2) is 5.13 Å². The van der Waals surface area contributed by atoms with Crippen molar-refractivity contribution in [3.8, 4) is 0 Å². The first kappa shape index (κ1) is 20.1. The maximum absolute atomic E-state index is 12.6. The Labute approximate surface area is 157 Å². The first-order valence-corrected chi connectivity index (χ1v) is 10.7. The Morgan fingerprint density at radius 3 is 2.68 bits per heavy atom. The Hall–Kier alpha value is -1.19. The fraction of sp³-hybridized carbons (Fsp3) is 0.438. The second-order valence-corrected chi connectivity index (χ2v) is 8.46. The largest absolute Gasteiger partial charge is 0.385 e. The Morgan fingerprint density at radius 2 is 2.04 bits per heavy atom. The number of nitrogens with zero attached hydrogens (tertiary/aromatic N) is 2. The number of benzene rings is 1. The van der Waals surface area contributed by atoms with Crippen LogP contribution in [0.1, 0.15) is 31.2 Å². The second kappa shape index (κ2) is 8.46. The quantitative estimate of drug-likeness (QED) is 0.706. The van der Waals surface area contributed by atoms with E-state index < -0.39 is 16.1 Å². The number of aromatic nitrogens is 1. The molecule has 0 saturated heterocycles. The Balaban J connectivity index is 2.16. The zero-order chi connectivity index (χ0) is 18.6. The summed E-state index contributed by atoms with van der Waals surface area (Å²) in [5, 5.41) is 12.5. The molecule has 25 heavy (non-hydrogen) atoms. The molecule has 2 rings (SSSR count).